The van der Waals surface area contributed by atoms with Crippen LogP contribution in [0.25, 0.3) is 0 Å². The smallest absolute Gasteiger partial charge is 0.261 e. The molecule has 0 aliphatic heterocycles. The second kappa shape index (κ2) is 12.0. The summed E-state index contributed by atoms with van der Waals surface area (Å²) in [4.78, 5) is 27.3. The lowest BCUT2D eigenvalue weighted by Gasteiger charge is -2.30. The van der Waals surface area contributed by atoms with E-state index in [9.17, 15) is 9.59 Å². The predicted octanol–water partition coefficient (Wildman–Crippen LogP) is 5.36. The molecule has 1 N–H and O–H groups in total. The summed E-state index contributed by atoms with van der Waals surface area (Å²) in [6.45, 7) is 4.39. The van der Waals surface area contributed by atoms with Crippen molar-refractivity contribution in [3.05, 3.63) is 63.1 Å². The summed E-state index contributed by atoms with van der Waals surface area (Å²) in [6, 6.07) is 11.3. The maximum Gasteiger partial charge on any atom is 0.261 e. The third kappa shape index (κ3) is 7.08. The van der Waals surface area contributed by atoms with E-state index in [1.807, 2.05) is 26.0 Å². The van der Waals surface area contributed by atoms with Gasteiger partial charge >= 0.3 is 0 Å². The Kier molecular flexibility index (Phi) is 9.76. The molecule has 0 fully saturated rings. The number of rotatable bonds is 10. The van der Waals surface area contributed by atoms with Gasteiger partial charge in [0, 0.05) is 23.1 Å². The number of hydrogen-bond donors (Lipinski definition) is 1. The number of benzene rings is 2. The van der Waals surface area contributed by atoms with E-state index in [4.69, 9.17) is 39.5 Å². The lowest BCUT2D eigenvalue weighted by atomic mass is 10.1. The van der Waals surface area contributed by atoms with E-state index in [1.165, 1.54) is 4.90 Å². The molecule has 0 aliphatic rings. The van der Waals surface area contributed by atoms with Gasteiger partial charge in [-0.3, -0.25) is 9.59 Å². The van der Waals surface area contributed by atoms with Crippen LogP contribution in [0.2, 0.25) is 15.1 Å². The molecule has 0 saturated heterocycles. The van der Waals surface area contributed by atoms with Gasteiger partial charge in [-0.25, -0.2) is 0 Å². The number of hydrogen-bond acceptors (Lipinski definition) is 3. The molecule has 5 nitrogen and oxygen atoms in total. The van der Waals surface area contributed by atoms with E-state index in [0.29, 0.717) is 33.8 Å². The second-order valence-corrected chi connectivity index (χ2v) is 8.01. The molecule has 8 heteroatoms. The standard InChI is InChI=1S/C22H25Cl3N2O3/c1-3-11-26-22(29)19(4-2)27(13-15-5-7-16(23)8-6-15)21(28)14-30-20-10-9-17(24)12-18(20)25/h5-10,12,19H,3-4,11,13-14H2,1-2H3,(H,26,29). The fraction of sp³-hybridized carbons (Fsp3) is 0.364. The van der Waals surface area contributed by atoms with Gasteiger partial charge in [0.15, 0.2) is 6.61 Å². The van der Waals surface area contributed by atoms with Crippen LogP contribution in [0.3, 0.4) is 0 Å². The van der Waals surface area contributed by atoms with Gasteiger partial charge < -0.3 is 15.0 Å². The van der Waals surface area contributed by atoms with Gasteiger partial charge in [-0.15, -0.1) is 0 Å². The maximum absolute atomic E-state index is 13.1. The minimum Gasteiger partial charge on any atom is -0.482 e. The van der Waals surface area contributed by atoms with Crippen LogP contribution in [-0.2, 0) is 16.1 Å². The molecule has 0 spiro atoms. The Morgan fingerprint density at radius 3 is 2.30 bits per heavy atom. The zero-order valence-electron chi connectivity index (χ0n) is 17.0. The van der Waals surface area contributed by atoms with Crippen LogP contribution >= 0.6 is 34.8 Å². The molecular formula is C22H25Cl3N2O3. The number of carbonyl (C=O) groups is 2. The highest BCUT2D eigenvalue weighted by molar-refractivity contribution is 6.35. The van der Waals surface area contributed by atoms with Gasteiger partial charge in [0.2, 0.25) is 5.91 Å². The number of nitrogens with zero attached hydrogens (tertiary/aromatic N) is 1. The van der Waals surface area contributed by atoms with E-state index < -0.39 is 6.04 Å². The van der Waals surface area contributed by atoms with E-state index in [2.05, 4.69) is 5.32 Å². The van der Waals surface area contributed by atoms with E-state index in [0.717, 1.165) is 12.0 Å². The number of nitrogens with one attached hydrogen (secondary N) is 1. The zero-order valence-corrected chi connectivity index (χ0v) is 19.2. The van der Waals surface area contributed by atoms with E-state index in [1.54, 1.807) is 30.3 Å². The van der Waals surface area contributed by atoms with Gasteiger partial charge in [0.1, 0.15) is 11.8 Å². The van der Waals surface area contributed by atoms with E-state index >= 15 is 0 Å². The summed E-state index contributed by atoms with van der Waals surface area (Å²) in [6.07, 6.45) is 1.28. The molecule has 2 amide bonds. The van der Waals surface area contributed by atoms with Crippen molar-refractivity contribution in [2.24, 2.45) is 0 Å². The van der Waals surface area contributed by atoms with Crippen LogP contribution in [0.4, 0.5) is 0 Å². The first-order chi connectivity index (χ1) is 14.3. The summed E-state index contributed by atoms with van der Waals surface area (Å²) in [5.41, 5.74) is 0.860. The Labute approximate surface area is 192 Å². The Morgan fingerprint density at radius 1 is 1.03 bits per heavy atom. The van der Waals surface area contributed by atoms with Crippen LogP contribution in [0, 0.1) is 0 Å². The van der Waals surface area contributed by atoms with E-state index in [-0.39, 0.29) is 25.0 Å². The average Bonchev–Trinajstić information content (AvgIpc) is 2.72. The van der Waals surface area contributed by atoms with Crippen molar-refractivity contribution in [2.45, 2.75) is 39.3 Å². The Balaban J connectivity index is 2.20. The number of ether oxygens (including phenoxy) is 1. The van der Waals surface area contributed by atoms with Crippen molar-refractivity contribution in [2.75, 3.05) is 13.2 Å². The fourth-order valence-corrected chi connectivity index (χ4v) is 3.48. The highest BCUT2D eigenvalue weighted by Crippen LogP contribution is 2.27. The molecule has 0 aromatic heterocycles. The second-order valence-electron chi connectivity index (χ2n) is 6.73. The highest BCUT2D eigenvalue weighted by atomic mass is 35.5. The molecule has 0 aliphatic carbocycles. The average molecular weight is 472 g/mol. The molecule has 1 atom stereocenters. The van der Waals surface area contributed by atoms with Crippen LogP contribution in [0.1, 0.15) is 32.3 Å². The fourth-order valence-electron chi connectivity index (χ4n) is 2.89. The van der Waals surface area contributed by atoms with Crippen molar-refractivity contribution >= 4 is 46.6 Å². The van der Waals surface area contributed by atoms with Crippen molar-refractivity contribution in [1.29, 1.82) is 0 Å². The minimum atomic E-state index is -0.621. The lowest BCUT2D eigenvalue weighted by molar-refractivity contribution is -0.143. The van der Waals surface area contributed by atoms with Gasteiger partial charge in [0.05, 0.1) is 5.02 Å². The van der Waals surface area contributed by atoms with Crippen LogP contribution in [0.5, 0.6) is 5.75 Å². The molecule has 1 unspecified atom stereocenters. The first-order valence-corrected chi connectivity index (χ1v) is 10.9. The maximum atomic E-state index is 13.1. The Bertz CT molecular complexity index is 859. The normalized spacial score (nSPS) is 11.6. The minimum absolute atomic E-state index is 0.189. The van der Waals surface area contributed by atoms with Crippen LogP contribution in [0.15, 0.2) is 42.5 Å². The predicted molar refractivity (Wildman–Crippen MR) is 121 cm³/mol. The molecule has 0 bridgehead atoms. The molecule has 0 radical (unpaired) electrons. The Hall–Kier alpha value is -1.95. The topological polar surface area (TPSA) is 58.6 Å². The third-order valence-corrected chi connectivity index (χ3v) is 5.23. The molecule has 30 heavy (non-hydrogen) atoms. The van der Waals surface area contributed by atoms with Gasteiger partial charge in [0.25, 0.3) is 5.91 Å². The quantitative estimate of drug-likeness (QED) is 0.507. The van der Waals surface area contributed by atoms with Gasteiger partial charge in [-0.2, -0.15) is 0 Å². The molecule has 0 saturated carbocycles. The summed E-state index contributed by atoms with van der Waals surface area (Å²) < 4.78 is 5.61. The highest BCUT2D eigenvalue weighted by Gasteiger charge is 2.28. The van der Waals surface area contributed by atoms with Crippen molar-refractivity contribution in [3.8, 4) is 5.75 Å². The summed E-state index contributed by atoms with van der Waals surface area (Å²) in [7, 11) is 0. The molecular weight excluding hydrogens is 447 g/mol. The number of amides is 2. The zero-order chi connectivity index (χ0) is 22.1. The van der Waals surface area contributed by atoms with Crippen molar-refractivity contribution < 1.29 is 14.3 Å². The van der Waals surface area contributed by atoms with Gasteiger partial charge in [-0.1, -0.05) is 60.8 Å². The Morgan fingerprint density at radius 2 is 1.70 bits per heavy atom. The molecule has 2 aromatic carbocycles. The molecule has 2 rings (SSSR count). The van der Waals surface area contributed by atoms with Crippen molar-refractivity contribution in [3.63, 3.8) is 0 Å². The first kappa shape index (κ1) is 24.3. The SMILES string of the molecule is CCCNC(=O)C(CC)N(Cc1ccc(Cl)cc1)C(=O)COc1ccc(Cl)cc1Cl. The van der Waals surface area contributed by atoms with Gasteiger partial charge in [-0.05, 0) is 48.7 Å². The lowest BCUT2D eigenvalue weighted by Crippen LogP contribution is -2.50. The summed E-state index contributed by atoms with van der Waals surface area (Å²) >= 11 is 18.0. The molecule has 162 valence electrons. The van der Waals surface area contributed by atoms with Crippen molar-refractivity contribution in [1.82, 2.24) is 10.2 Å². The van der Waals surface area contributed by atoms with Crippen LogP contribution in [-0.4, -0.2) is 35.9 Å². The first-order valence-electron chi connectivity index (χ1n) is 9.75. The summed E-state index contributed by atoms with van der Waals surface area (Å²) in [5.74, 6) is -0.162. The number of halogens is 3. The van der Waals surface area contributed by atoms with Crippen LogP contribution < -0.4 is 10.1 Å². The number of carbonyl (C=O) groups excluding carboxylic acids is 2. The molecule has 2 aromatic rings. The largest absolute Gasteiger partial charge is 0.482 e. The molecule has 0 heterocycles. The third-order valence-electron chi connectivity index (χ3n) is 4.45. The monoisotopic (exact) mass is 470 g/mol. The summed E-state index contributed by atoms with van der Waals surface area (Å²) in [5, 5.41) is 4.26.